The van der Waals surface area contributed by atoms with Gasteiger partial charge in [0.15, 0.2) is 5.82 Å². The van der Waals surface area contributed by atoms with Crippen molar-refractivity contribution in [2.45, 2.75) is 13.0 Å². The number of nitrogens with one attached hydrogen (secondary N) is 4. The zero-order valence-electron chi connectivity index (χ0n) is 18.5. The van der Waals surface area contributed by atoms with E-state index < -0.39 is 10.9 Å². The fourth-order valence-corrected chi connectivity index (χ4v) is 3.75. The Balaban J connectivity index is 1.38. The van der Waals surface area contributed by atoms with E-state index in [9.17, 15) is 19.5 Å². The van der Waals surface area contributed by atoms with Gasteiger partial charge in [-0.1, -0.05) is 12.1 Å². The van der Waals surface area contributed by atoms with Crippen LogP contribution in [0.15, 0.2) is 76.6 Å². The Labute approximate surface area is 198 Å². The summed E-state index contributed by atoms with van der Waals surface area (Å²) in [5.41, 5.74) is 1.43. The molecule has 0 aliphatic carbocycles. The lowest BCUT2D eigenvalue weighted by atomic mass is 10.1. The van der Waals surface area contributed by atoms with Crippen molar-refractivity contribution in [2.24, 2.45) is 0 Å². The summed E-state index contributed by atoms with van der Waals surface area (Å²) in [6, 6.07) is 14.8. The Kier molecular flexibility index (Phi) is 5.46. The number of benzene rings is 2. The number of aromatic hydroxyl groups is 1. The number of pyridine rings is 1. The molecule has 2 aromatic heterocycles. The van der Waals surface area contributed by atoms with E-state index in [0.717, 1.165) is 5.56 Å². The molecule has 5 N–H and O–H groups in total. The van der Waals surface area contributed by atoms with E-state index in [1.807, 2.05) is 13.0 Å². The predicted octanol–water partition coefficient (Wildman–Crippen LogP) is 3.43. The van der Waals surface area contributed by atoms with E-state index in [1.165, 1.54) is 6.20 Å². The van der Waals surface area contributed by atoms with E-state index in [0.29, 0.717) is 28.0 Å². The van der Waals surface area contributed by atoms with Crippen LogP contribution in [0.2, 0.25) is 0 Å². The second-order valence-electron chi connectivity index (χ2n) is 8.02. The molecule has 2 heterocycles. The van der Waals surface area contributed by atoms with Gasteiger partial charge in [0.25, 0.3) is 16.8 Å². The van der Waals surface area contributed by atoms with E-state index in [2.05, 4.69) is 31.1 Å². The summed E-state index contributed by atoms with van der Waals surface area (Å²) in [6.45, 7) is 1.82. The van der Waals surface area contributed by atoms with Crippen LogP contribution in [0.5, 0.6) is 5.75 Å². The molecule has 0 saturated carbocycles. The summed E-state index contributed by atoms with van der Waals surface area (Å²) >= 11 is 0. The zero-order valence-corrected chi connectivity index (χ0v) is 18.5. The fraction of sp³-hybridized carbons (Fsp3) is 0.0800. The minimum absolute atomic E-state index is 0.110. The molecule has 0 unspecified atom stereocenters. The van der Waals surface area contributed by atoms with Gasteiger partial charge in [0.2, 0.25) is 0 Å². The molecule has 5 aromatic rings. The van der Waals surface area contributed by atoms with Crippen molar-refractivity contribution in [3.05, 3.63) is 98.6 Å². The molecule has 0 aliphatic heterocycles. The molecule has 10 nitrogen and oxygen atoms in total. The number of H-pyrrole nitrogens is 1. The molecular formula is C25H20N6O4. The number of hydrogen-bond acceptors (Lipinski definition) is 8. The van der Waals surface area contributed by atoms with Crippen LogP contribution in [0.25, 0.3) is 10.9 Å². The molecule has 1 amide bonds. The summed E-state index contributed by atoms with van der Waals surface area (Å²) in [5, 5.41) is 26.2. The van der Waals surface area contributed by atoms with Gasteiger partial charge >= 0.3 is 0 Å². The van der Waals surface area contributed by atoms with Gasteiger partial charge in [-0.3, -0.25) is 24.5 Å². The van der Waals surface area contributed by atoms with Crippen molar-refractivity contribution >= 4 is 39.7 Å². The maximum absolute atomic E-state index is 12.5. The van der Waals surface area contributed by atoms with Gasteiger partial charge < -0.3 is 21.1 Å². The topological polar surface area (TPSA) is 149 Å². The number of phenolic OH excluding ortho intramolecular Hbond substituents is 1. The number of nitrogens with zero attached hydrogens (tertiary/aromatic N) is 2. The molecule has 0 saturated heterocycles. The van der Waals surface area contributed by atoms with E-state index in [4.69, 9.17) is 0 Å². The third kappa shape index (κ3) is 4.20. The Morgan fingerprint density at radius 3 is 2.63 bits per heavy atom. The van der Waals surface area contributed by atoms with Crippen molar-refractivity contribution in [3.63, 3.8) is 0 Å². The van der Waals surface area contributed by atoms with Crippen LogP contribution in [-0.4, -0.2) is 26.2 Å². The van der Waals surface area contributed by atoms with Gasteiger partial charge in [-0.2, -0.15) is 5.10 Å². The minimum atomic E-state index is -0.631. The summed E-state index contributed by atoms with van der Waals surface area (Å²) in [5.74, 6) is 0.0671. The second-order valence-corrected chi connectivity index (χ2v) is 8.02. The zero-order chi connectivity index (χ0) is 24.5. The summed E-state index contributed by atoms with van der Waals surface area (Å²) in [4.78, 5) is 41.0. The number of anilines is 4. The first-order chi connectivity index (χ1) is 16.9. The molecular weight excluding hydrogens is 448 g/mol. The van der Waals surface area contributed by atoms with Crippen LogP contribution in [0, 0.1) is 0 Å². The number of phenols is 1. The van der Waals surface area contributed by atoms with Gasteiger partial charge in [0.1, 0.15) is 17.1 Å². The number of aromatic amines is 1. The second kappa shape index (κ2) is 8.75. The van der Waals surface area contributed by atoms with Crippen LogP contribution >= 0.6 is 0 Å². The number of hydrogen-bond donors (Lipinski definition) is 5. The number of fused-ring (bicyclic) bond motifs is 1. The molecule has 174 valence electrons. The molecule has 0 aliphatic rings. The van der Waals surface area contributed by atoms with Gasteiger partial charge in [-0.25, -0.2) is 0 Å². The standard InChI is InChI=1S/C25H20N6O4/c1-13(14-4-2-6-17(32)10-14)27-20-21(23(34)22(20)33)28-16-7-8-19-18(11-16)24(31-30-19)29-25(35)15-5-3-9-26-12-15/h2-13,27-28,32H,1H3,(H2,29,30,31,35)/t13-/m1/s1. The highest BCUT2D eigenvalue weighted by atomic mass is 16.3. The lowest BCUT2D eigenvalue weighted by molar-refractivity contribution is 0.102. The molecule has 1 atom stereocenters. The van der Waals surface area contributed by atoms with Crippen molar-refractivity contribution in [3.8, 4) is 5.75 Å². The number of carbonyl (C=O) groups excluding carboxylic acids is 1. The van der Waals surface area contributed by atoms with Gasteiger partial charge in [-0.05, 0) is 55.0 Å². The highest BCUT2D eigenvalue weighted by Crippen LogP contribution is 2.29. The predicted molar refractivity (Wildman–Crippen MR) is 133 cm³/mol. The first-order valence-corrected chi connectivity index (χ1v) is 10.8. The molecule has 0 fully saturated rings. The fourth-order valence-electron chi connectivity index (χ4n) is 3.75. The summed E-state index contributed by atoms with van der Waals surface area (Å²) in [6.07, 6.45) is 3.03. The maximum Gasteiger partial charge on any atom is 0.258 e. The van der Waals surface area contributed by atoms with Crippen molar-refractivity contribution in [2.75, 3.05) is 16.0 Å². The third-order valence-corrected chi connectivity index (χ3v) is 5.63. The Bertz CT molecular complexity index is 1620. The molecule has 3 aromatic carbocycles. The van der Waals surface area contributed by atoms with Crippen LogP contribution in [0.4, 0.5) is 22.9 Å². The van der Waals surface area contributed by atoms with Gasteiger partial charge in [0.05, 0.1) is 11.1 Å². The minimum Gasteiger partial charge on any atom is -0.508 e. The molecule has 0 radical (unpaired) electrons. The van der Waals surface area contributed by atoms with E-state index in [-0.39, 0.29) is 29.1 Å². The highest BCUT2D eigenvalue weighted by molar-refractivity contribution is 6.08. The monoisotopic (exact) mass is 468 g/mol. The smallest absolute Gasteiger partial charge is 0.258 e. The first-order valence-electron chi connectivity index (χ1n) is 10.8. The van der Waals surface area contributed by atoms with Crippen molar-refractivity contribution < 1.29 is 9.90 Å². The molecule has 10 heteroatoms. The van der Waals surface area contributed by atoms with Gasteiger partial charge in [-0.15, -0.1) is 0 Å². The largest absolute Gasteiger partial charge is 0.508 e. The quantitative estimate of drug-likeness (QED) is 0.228. The van der Waals surface area contributed by atoms with Crippen LogP contribution in [0.3, 0.4) is 0 Å². The Hall–Kier alpha value is -4.99. The Morgan fingerprint density at radius 1 is 1.03 bits per heavy atom. The van der Waals surface area contributed by atoms with E-state index in [1.54, 1.807) is 54.7 Å². The summed E-state index contributed by atoms with van der Waals surface area (Å²) < 4.78 is 0. The van der Waals surface area contributed by atoms with E-state index >= 15 is 0 Å². The molecule has 0 bridgehead atoms. The number of amides is 1. The SMILES string of the molecule is C[C@@H](Nc1c(Nc2ccc3[nH]nc(NC(=O)c4cccnc4)c3c2)c(=O)c1=O)c1cccc(O)c1. The normalized spacial score (nSPS) is 11.9. The average Bonchev–Trinajstić information content (AvgIpc) is 3.28. The molecule has 35 heavy (non-hydrogen) atoms. The lowest BCUT2D eigenvalue weighted by Crippen LogP contribution is -2.37. The third-order valence-electron chi connectivity index (χ3n) is 5.63. The van der Waals surface area contributed by atoms with Crippen LogP contribution in [-0.2, 0) is 0 Å². The van der Waals surface area contributed by atoms with Crippen molar-refractivity contribution in [1.82, 2.24) is 15.2 Å². The number of carbonyl (C=O) groups is 1. The van der Waals surface area contributed by atoms with Crippen LogP contribution < -0.4 is 26.8 Å². The number of aromatic nitrogens is 3. The average molecular weight is 468 g/mol. The van der Waals surface area contributed by atoms with Crippen molar-refractivity contribution in [1.29, 1.82) is 0 Å². The lowest BCUT2D eigenvalue weighted by Gasteiger charge is -2.20. The van der Waals surface area contributed by atoms with Crippen LogP contribution in [0.1, 0.15) is 28.9 Å². The molecule has 0 spiro atoms. The van der Waals surface area contributed by atoms with Gasteiger partial charge in [0, 0.05) is 29.5 Å². The summed E-state index contributed by atoms with van der Waals surface area (Å²) in [7, 11) is 0. The highest BCUT2D eigenvalue weighted by Gasteiger charge is 2.23. The molecule has 5 rings (SSSR count). The number of rotatable bonds is 7. The Morgan fingerprint density at radius 2 is 1.86 bits per heavy atom. The first kappa shape index (κ1) is 21.8. The maximum atomic E-state index is 12.5.